The molecule has 0 aromatic heterocycles. The van der Waals surface area contributed by atoms with Crippen LogP contribution in [0, 0.1) is 11.8 Å². The largest absolute Gasteiger partial charge is 0.362 e. The molecule has 1 saturated carbocycles. The second-order valence-corrected chi connectivity index (χ2v) is 7.01. The number of nitrogens with zero attached hydrogens (tertiary/aromatic N) is 1. The molecule has 2 fully saturated rings. The monoisotopic (exact) mass is 279 g/mol. The Morgan fingerprint density at radius 3 is 2.47 bits per heavy atom. The predicted molar refractivity (Wildman–Crippen MR) is 82.6 cm³/mol. The molecule has 3 heteroatoms. The molecule has 0 aromatic rings. The highest BCUT2D eigenvalue weighted by atomic mass is 32.1. The number of hydrogen-bond donors (Lipinski definition) is 0. The highest BCUT2D eigenvalue weighted by Gasteiger charge is 2.56. The van der Waals surface area contributed by atoms with Gasteiger partial charge in [0.05, 0.1) is 16.3 Å². The molecule has 0 aromatic carbocycles. The Morgan fingerprint density at radius 2 is 1.95 bits per heavy atom. The lowest BCUT2D eigenvalue weighted by molar-refractivity contribution is 0.156. The van der Waals surface area contributed by atoms with Gasteiger partial charge in [0.15, 0.2) is 0 Å². The Kier molecular flexibility index (Phi) is 4.29. The quantitative estimate of drug-likeness (QED) is 0.329. The molecule has 0 amide bonds. The molecule has 1 heterocycles. The van der Waals surface area contributed by atoms with Crippen molar-refractivity contribution in [1.82, 2.24) is 0 Å². The van der Waals surface area contributed by atoms with Gasteiger partial charge in [-0.2, -0.15) is 0 Å². The lowest BCUT2D eigenvalue weighted by atomic mass is 9.72. The zero-order chi connectivity index (χ0) is 14.1. The van der Waals surface area contributed by atoms with Gasteiger partial charge in [-0.25, -0.2) is 4.99 Å². The van der Waals surface area contributed by atoms with Crippen molar-refractivity contribution >= 4 is 17.4 Å². The van der Waals surface area contributed by atoms with Crippen LogP contribution >= 0.6 is 12.2 Å². The highest BCUT2D eigenvalue weighted by Crippen LogP contribution is 2.51. The Morgan fingerprint density at radius 1 is 1.32 bits per heavy atom. The fourth-order valence-electron chi connectivity index (χ4n) is 3.16. The van der Waals surface area contributed by atoms with Gasteiger partial charge in [0.25, 0.3) is 0 Å². The van der Waals surface area contributed by atoms with Gasteiger partial charge in [0.1, 0.15) is 6.10 Å². The molecule has 2 nitrogen and oxygen atoms in total. The van der Waals surface area contributed by atoms with E-state index < -0.39 is 0 Å². The van der Waals surface area contributed by atoms with Crippen LogP contribution in [0.4, 0.5) is 0 Å². The number of aliphatic imine (C=N–C) groups is 1. The Hall–Kier alpha value is -0.500. The minimum Gasteiger partial charge on any atom is -0.362 e. The normalized spacial score (nSPS) is 42.4. The molecule has 2 atom stereocenters. The number of rotatable bonds is 4. The minimum atomic E-state index is 0.0206. The number of isothiocyanates is 1. The Labute approximate surface area is 122 Å². The van der Waals surface area contributed by atoms with E-state index in [2.05, 4.69) is 50.0 Å². The van der Waals surface area contributed by atoms with Crippen LogP contribution in [0.5, 0.6) is 0 Å². The number of ether oxygens (including phenoxy) is 1. The molecule has 0 radical (unpaired) electrons. The molecule has 1 saturated heterocycles. The van der Waals surface area contributed by atoms with Crippen LogP contribution < -0.4 is 0 Å². The predicted octanol–water partition coefficient (Wildman–Crippen LogP) is 4.41. The van der Waals surface area contributed by atoms with E-state index in [1.165, 1.54) is 12.8 Å². The van der Waals surface area contributed by atoms with Crippen LogP contribution in [0.1, 0.15) is 53.4 Å². The van der Waals surface area contributed by atoms with Gasteiger partial charge < -0.3 is 4.74 Å². The van der Waals surface area contributed by atoms with Crippen molar-refractivity contribution in [2.45, 2.75) is 70.6 Å². The molecule has 2 aliphatic rings. The lowest BCUT2D eigenvalue weighted by Crippen LogP contribution is -2.34. The SMILES string of the molecule is CC(C)/C=C/[C@@H]1O[C@@]1(C)C1CCC(C)(N=C=S)CC1. The van der Waals surface area contributed by atoms with E-state index in [9.17, 15) is 0 Å². The molecule has 106 valence electrons. The molecule has 0 bridgehead atoms. The maximum Gasteiger partial charge on any atom is 0.105 e. The van der Waals surface area contributed by atoms with Crippen molar-refractivity contribution < 1.29 is 4.74 Å². The number of thiocarbonyl (C=S) groups is 1. The first-order chi connectivity index (χ1) is 8.89. The molecular formula is C16H25NOS. The molecule has 0 N–H and O–H groups in total. The first-order valence-corrected chi connectivity index (χ1v) is 7.76. The maximum absolute atomic E-state index is 5.97. The van der Waals surface area contributed by atoms with Gasteiger partial charge in [0.2, 0.25) is 0 Å². The van der Waals surface area contributed by atoms with Crippen molar-refractivity contribution in [3.05, 3.63) is 12.2 Å². The topological polar surface area (TPSA) is 24.9 Å². The lowest BCUT2D eigenvalue weighted by Gasteiger charge is -2.35. The summed E-state index contributed by atoms with van der Waals surface area (Å²) in [6.45, 7) is 8.85. The molecule has 0 spiro atoms. The van der Waals surface area contributed by atoms with Gasteiger partial charge in [0, 0.05) is 0 Å². The van der Waals surface area contributed by atoms with Crippen LogP contribution in [0.25, 0.3) is 0 Å². The molecule has 1 aliphatic heterocycles. The molecular weight excluding hydrogens is 254 g/mol. The van der Waals surface area contributed by atoms with Crippen molar-refractivity contribution in [2.24, 2.45) is 16.8 Å². The summed E-state index contributed by atoms with van der Waals surface area (Å²) >= 11 is 4.75. The fraction of sp³-hybridized carbons (Fsp3) is 0.812. The third-order valence-electron chi connectivity index (χ3n) is 4.75. The summed E-state index contributed by atoms with van der Waals surface area (Å²) in [5, 5.41) is 2.55. The summed E-state index contributed by atoms with van der Waals surface area (Å²) in [6, 6.07) is 0. The first kappa shape index (κ1) is 14.9. The fourth-order valence-corrected chi connectivity index (χ4v) is 3.38. The van der Waals surface area contributed by atoms with Crippen molar-refractivity contribution in [3.63, 3.8) is 0 Å². The second kappa shape index (κ2) is 5.47. The Balaban J connectivity index is 1.91. The number of epoxide rings is 1. The summed E-state index contributed by atoms with van der Waals surface area (Å²) < 4.78 is 5.97. The summed E-state index contributed by atoms with van der Waals surface area (Å²) in [6.07, 6.45) is 9.37. The van der Waals surface area contributed by atoms with E-state index in [4.69, 9.17) is 17.0 Å². The molecule has 19 heavy (non-hydrogen) atoms. The molecule has 0 unspecified atom stereocenters. The van der Waals surface area contributed by atoms with Gasteiger partial charge >= 0.3 is 0 Å². The van der Waals surface area contributed by atoms with Crippen molar-refractivity contribution in [2.75, 3.05) is 0 Å². The van der Waals surface area contributed by atoms with Crippen LogP contribution in [0.3, 0.4) is 0 Å². The molecule has 2 rings (SSSR count). The summed E-state index contributed by atoms with van der Waals surface area (Å²) in [4.78, 5) is 4.34. The van der Waals surface area contributed by atoms with E-state index in [1.807, 2.05) is 0 Å². The second-order valence-electron chi connectivity index (χ2n) is 6.83. The Bertz CT molecular complexity index is 403. The van der Waals surface area contributed by atoms with E-state index in [0.29, 0.717) is 17.9 Å². The van der Waals surface area contributed by atoms with E-state index in [0.717, 1.165) is 12.8 Å². The summed E-state index contributed by atoms with van der Waals surface area (Å²) in [5.74, 6) is 1.25. The summed E-state index contributed by atoms with van der Waals surface area (Å²) in [7, 11) is 0. The third-order valence-corrected chi connectivity index (χ3v) is 4.84. The van der Waals surface area contributed by atoms with Crippen LogP contribution in [-0.4, -0.2) is 22.4 Å². The maximum atomic E-state index is 5.97. The van der Waals surface area contributed by atoms with Crippen molar-refractivity contribution in [3.8, 4) is 0 Å². The standard InChI is InChI=1S/C16H25NOS/c1-12(2)5-6-14-16(4,18-14)13-7-9-15(3,10-8-13)17-11-19/h5-6,12-14H,7-10H2,1-4H3/b6-5+/t13?,14-,15?,16-/m0/s1. The number of allylic oxidation sites excluding steroid dienone is 1. The van der Waals surface area contributed by atoms with Crippen LogP contribution in [0.2, 0.25) is 0 Å². The van der Waals surface area contributed by atoms with Gasteiger partial charge in [-0.05, 0) is 63.6 Å². The number of hydrogen-bond acceptors (Lipinski definition) is 3. The minimum absolute atomic E-state index is 0.0206. The van der Waals surface area contributed by atoms with Gasteiger partial charge in [-0.1, -0.05) is 26.0 Å². The highest BCUT2D eigenvalue weighted by molar-refractivity contribution is 7.78. The van der Waals surface area contributed by atoms with Gasteiger partial charge in [-0.15, -0.1) is 0 Å². The average Bonchev–Trinajstić information content (AvgIpc) is 3.00. The van der Waals surface area contributed by atoms with Crippen molar-refractivity contribution in [1.29, 1.82) is 0 Å². The van der Waals surface area contributed by atoms with Crippen LogP contribution in [-0.2, 0) is 4.74 Å². The summed E-state index contributed by atoms with van der Waals surface area (Å²) in [5.41, 5.74) is 0.0842. The van der Waals surface area contributed by atoms with Gasteiger partial charge in [-0.3, -0.25) is 0 Å². The van der Waals surface area contributed by atoms with E-state index in [-0.39, 0.29) is 11.1 Å². The molecule has 1 aliphatic carbocycles. The van der Waals surface area contributed by atoms with Crippen LogP contribution in [0.15, 0.2) is 17.1 Å². The first-order valence-electron chi connectivity index (χ1n) is 7.35. The van der Waals surface area contributed by atoms with E-state index >= 15 is 0 Å². The zero-order valence-electron chi connectivity index (χ0n) is 12.5. The van der Waals surface area contributed by atoms with E-state index in [1.54, 1.807) is 0 Å². The average molecular weight is 279 g/mol. The zero-order valence-corrected chi connectivity index (χ0v) is 13.3. The third kappa shape index (κ3) is 3.34. The smallest absolute Gasteiger partial charge is 0.105 e.